The molecule has 2 aromatic rings. The van der Waals surface area contributed by atoms with E-state index in [1.54, 1.807) is 0 Å². The lowest BCUT2D eigenvalue weighted by Crippen LogP contribution is -2.24. The predicted octanol–water partition coefficient (Wildman–Crippen LogP) is 3.17. The Morgan fingerprint density at radius 2 is 2.22 bits per heavy atom. The molecule has 1 saturated carbocycles. The molecule has 0 aliphatic heterocycles. The average molecular weight is 245 g/mol. The Balaban J connectivity index is 1.75. The van der Waals surface area contributed by atoms with Crippen LogP contribution in [0.25, 0.3) is 11.1 Å². The molecule has 1 aliphatic rings. The van der Waals surface area contributed by atoms with Crippen LogP contribution in [0, 0.1) is 11.8 Å². The molecular formula is C15H19NO2. The number of benzene rings is 1. The summed E-state index contributed by atoms with van der Waals surface area (Å²) in [4.78, 5) is 4.42. The Kier molecular flexibility index (Phi) is 3.08. The molecule has 18 heavy (non-hydrogen) atoms. The van der Waals surface area contributed by atoms with Crippen molar-refractivity contribution in [1.82, 2.24) is 4.98 Å². The molecule has 3 heteroatoms. The van der Waals surface area contributed by atoms with Crippen molar-refractivity contribution < 1.29 is 9.52 Å². The largest absolute Gasteiger partial charge is 0.441 e. The normalized spacial score (nSPS) is 25.7. The van der Waals surface area contributed by atoms with Gasteiger partial charge in [0.1, 0.15) is 5.52 Å². The molecule has 1 aliphatic carbocycles. The fourth-order valence-corrected chi connectivity index (χ4v) is 3.08. The number of fused-ring (bicyclic) bond motifs is 1. The van der Waals surface area contributed by atoms with Crippen LogP contribution in [0.1, 0.15) is 32.1 Å². The topological polar surface area (TPSA) is 46.3 Å². The maximum atomic E-state index is 10.3. The highest BCUT2D eigenvalue weighted by Crippen LogP contribution is 2.34. The van der Waals surface area contributed by atoms with Gasteiger partial charge in [-0.05, 0) is 30.4 Å². The van der Waals surface area contributed by atoms with Crippen LogP contribution in [0.2, 0.25) is 0 Å². The molecule has 0 bridgehead atoms. The molecule has 3 atom stereocenters. The Morgan fingerprint density at radius 3 is 2.94 bits per heavy atom. The molecule has 0 radical (unpaired) electrons. The number of nitrogens with zero attached hydrogens (tertiary/aromatic N) is 1. The summed E-state index contributed by atoms with van der Waals surface area (Å²) in [5.74, 6) is 1.67. The third kappa shape index (κ3) is 2.15. The van der Waals surface area contributed by atoms with Crippen LogP contribution in [-0.2, 0) is 6.42 Å². The smallest absolute Gasteiger partial charge is 0.198 e. The van der Waals surface area contributed by atoms with Crippen LogP contribution in [0.5, 0.6) is 0 Å². The fraction of sp³-hybridized carbons (Fsp3) is 0.533. The van der Waals surface area contributed by atoms with Crippen LogP contribution < -0.4 is 0 Å². The number of hydrogen-bond acceptors (Lipinski definition) is 3. The van der Waals surface area contributed by atoms with Gasteiger partial charge in [-0.1, -0.05) is 31.9 Å². The Bertz CT molecular complexity index is 501. The van der Waals surface area contributed by atoms with Crippen LogP contribution in [0.3, 0.4) is 0 Å². The van der Waals surface area contributed by atoms with E-state index in [0.717, 1.165) is 17.5 Å². The van der Waals surface area contributed by atoms with E-state index in [9.17, 15) is 5.11 Å². The maximum Gasteiger partial charge on any atom is 0.198 e. The number of aromatic nitrogens is 1. The lowest BCUT2D eigenvalue weighted by molar-refractivity contribution is 0.0844. The summed E-state index contributed by atoms with van der Waals surface area (Å²) in [6, 6.07) is 7.74. The van der Waals surface area contributed by atoms with Gasteiger partial charge in [-0.3, -0.25) is 0 Å². The molecule has 0 spiro atoms. The van der Waals surface area contributed by atoms with E-state index in [4.69, 9.17) is 4.42 Å². The van der Waals surface area contributed by atoms with Gasteiger partial charge in [0, 0.05) is 0 Å². The van der Waals surface area contributed by atoms with Gasteiger partial charge in [0.25, 0.3) is 0 Å². The quantitative estimate of drug-likeness (QED) is 0.903. The minimum Gasteiger partial charge on any atom is -0.441 e. The molecule has 1 aromatic heterocycles. The van der Waals surface area contributed by atoms with Gasteiger partial charge in [-0.25, -0.2) is 4.98 Å². The summed E-state index contributed by atoms with van der Waals surface area (Å²) in [6.07, 6.45) is 3.80. The highest BCUT2D eigenvalue weighted by molar-refractivity contribution is 5.72. The number of para-hydroxylation sites is 2. The second kappa shape index (κ2) is 4.73. The van der Waals surface area contributed by atoms with E-state index in [-0.39, 0.29) is 6.10 Å². The van der Waals surface area contributed by atoms with E-state index in [1.165, 1.54) is 12.8 Å². The first-order valence-electron chi connectivity index (χ1n) is 6.76. The third-order valence-corrected chi connectivity index (χ3v) is 4.14. The molecule has 1 fully saturated rings. The summed E-state index contributed by atoms with van der Waals surface area (Å²) in [5, 5.41) is 10.3. The van der Waals surface area contributed by atoms with Crippen molar-refractivity contribution in [3.05, 3.63) is 30.2 Å². The number of rotatable bonds is 3. The molecule has 0 saturated heterocycles. The van der Waals surface area contributed by atoms with Gasteiger partial charge in [0.2, 0.25) is 0 Å². The van der Waals surface area contributed by atoms with Crippen molar-refractivity contribution in [3.8, 4) is 0 Å². The first kappa shape index (κ1) is 11.7. The number of hydrogen-bond donors (Lipinski definition) is 1. The second-order valence-electron chi connectivity index (χ2n) is 5.42. The van der Waals surface area contributed by atoms with Crippen molar-refractivity contribution >= 4 is 11.1 Å². The Morgan fingerprint density at radius 1 is 1.39 bits per heavy atom. The summed E-state index contributed by atoms with van der Waals surface area (Å²) < 4.78 is 5.66. The van der Waals surface area contributed by atoms with Crippen molar-refractivity contribution in [2.24, 2.45) is 11.8 Å². The van der Waals surface area contributed by atoms with Crippen molar-refractivity contribution in [2.45, 2.75) is 38.7 Å². The predicted molar refractivity (Wildman–Crippen MR) is 70.2 cm³/mol. The van der Waals surface area contributed by atoms with Crippen molar-refractivity contribution in [3.63, 3.8) is 0 Å². The SMILES string of the molecule is CC1CCCC1C(O)Cc1nc2ccccc2o1. The minimum absolute atomic E-state index is 0.324. The minimum atomic E-state index is -0.324. The zero-order chi connectivity index (χ0) is 12.5. The molecule has 96 valence electrons. The molecule has 1 aromatic carbocycles. The van der Waals surface area contributed by atoms with Crippen LogP contribution >= 0.6 is 0 Å². The van der Waals surface area contributed by atoms with Crippen LogP contribution in [0.4, 0.5) is 0 Å². The molecule has 3 nitrogen and oxygen atoms in total. The van der Waals surface area contributed by atoms with E-state index in [2.05, 4.69) is 11.9 Å². The lowest BCUT2D eigenvalue weighted by atomic mass is 9.90. The zero-order valence-corrected chi connectivity index (χ0v) is 10.7. The van der Waals surface area contributed by atoms with Gasteiger partial charge in [-0.2, -0.15) is 0 Å². The van der Waals surface area contributed by atoms with E-state index in [0.29, 0.717) is 24.1 Å². The van der Waals surface area contributed by atoms with E-state index >= 15 is 0 Å². The van der Waals surface area contributed by atoms with Gasteiger partial charge in [0.15, 0.2) is 11.5 Å². The second-order valence-corrected chi connectivity index (χ2v) is 5.42. The summed E-state index contributed by atoms with van der Waals surface area (Å²) in [6.45, 7) is 2.23. The first-order valence-corrected chi connectivity index (χ1v) is 6.76. The van der Waals surface area contributed by atoms with E-state index < -0.39 is 0 Å². The molecule has 3 unspecified atom stereocenters. The summed E-state index contributed by atoms with van der Waals surface area (Å²) in [7, 11) is 0. The summed E-state index contributed by atoms with van der Waals surface area (Å²) in [5.41, 5.74) is 1.68. The summed E-state index contributed by atoms with van der Waals surface area (Å²) >= 11 is 0. The maximum absolute atomic E-state index is 10.3. The van der Waals surface area contributed by atoms with Gasteiger partial charge in [-0.15, -0.1) is 0 Å². The fourth-order valence-electron chi connectivity index (χ4n) is 3.08. The average Bonchev–Trinajstić information content (AvgIpc) is 2.94. The third-order valence-electron chi connectivity index (χ3n) is 4.14. The molecular weight excluding hydrogens is 226 g/mol. The Hall–Kier alpha value is -1.35. The highest BCUT2D eigenvalue weighted by atomic mass is 16.4. The van der Waals surface area contributed by atoms with E-state index in [1.807, 2.05) is 24.3 Å². The van der Waals surface area contributed by atoms with Crippen molar-refractivity contribution in [2.75, 3.05) is 0 Å². The monoisotopic (exact) mass is 245 g/mol. The number of aliphatic hydroxyl groups excluding tert-OH is 1. The van der Waals surface area contributed by atoms with Gasteiger partial charge >= 0.3 is 0 Å². The highest BCUT2D eigenvalue weighted by Gasteiger charge is 2.30. The molecule has 3 rings (SSSR count). The standard InChI is InChI=1S/C15H19NO2/c1-10-5-4-6-11(10)13(17)9-15-16-12-7-2-3-8-14(12)18-15/h2-3,7-8,10-11,13,17H,4-6,9H2,1H3. The molecule has 1 N–H and O–H groups in total. The lowest BCUT2D eigenvalue weighted by Gasteiger charge is -2.20. The number of oxazole rings is 1. The van der Waals surface area contributed by atoms with Gasteiger partial charge < -0.3 is 9.52 Å². The zero-order valence-electron chi connectivity index (χ0n) is 10.7. The van der Waals surface area contributed by atoms with Crippen LogP contribution in [0.15, 0.2) is 28.7 Å². The number of aliphatic hydroxyl groups is 1. The van der Waals surface area contributed by atoms with Crippen LogP contribution in [-0.4, -0.2) is 16.2 Å². The molecule has 1 heterocycles. The molecule has 0 amide bonds. The first-order chi connectivity index (χ1) is 8.74. The van der Waals surface area contributed by atoms with Crippen molar-refractivity contribution in [1.29, 1.82) is 0 Å². The Labute approximate surface area is 107 Å². The van der Waals surface area contributed by atoms with Gasteiger partial charge in [0.05, 0.1) is 12.5 Å².